The molecule has 0 saturated heterocycles. The first kappa shape index (κ1) is 14.6. The predicted octanol–water partition coefficient (Wildman–Crippen LogP) is 2.27. The van der Waals surface area contributed by atoms with Crippen LogP contribution in [-0.4, -0.2) is 30.8 Å². The molecule has 1 aromatic carbocycles. The summed E-state index contributed by atoms with van der Waals surface area (Å²) in [6.07, 6.45) is 3.13. The van der Waals surface area contributed by atoms with Crippen LogP contribution in [0.5, 0.6) is 5.88 Å². The first-order valence-corrected chi connectivity index (χ1v) is 9.31. The fourth-order valence-electron chi connectivity index (χ4n) is 3.04. The predicted molar refractivity (Wildman–Crippen MR) is 86.0 cm³/mol. The van der Waals surface area contributed by atoms with Crippen LogP contribution < -0.4 is 9.04 Å². The third kappa shape index (κ3) is 2.39. The van der Waals surface area contributed by atoms with Crippen LogP contribution in [0.1, 0.15) is 19.8 Å². The van der Waals surface area contributed by atoms with E-state index >= 15 is 0 Å². The molecule has 4 rings (SSSR count). The fourth-order valence-corrected chi connectivity index (χ4v) is 4.87. The van der Waals surface area contributed by atoms with Gasteiger partial charge in [-0.3, -0.25) is 4.31 Å². The van der Waals surface area contributed by atoms with Crippen LogP contribution in [0.2, 0.25) is 0 Å². The van der Waals surface area contributed by atoms with Crippen LogP contribution in [0.25, 0.3) is 0 Å². The number of hydrogen-bond acceptors (Lipinski definition) is 4. The summed E-state index contributed by atoms with van der Waals surface area (Å²) in [5.41, 5.74) is 0.692. The van der Waals surface area contributed by atoms with E-state index in [2.05, 4.69) is 12.0 Å². The Morgan fingerprint density at radius 1 is 1.30 bits per heavy atom. The SMILES string of the molecule is C[C@@H]1C[C@@H]1N(c1ccccc1)S(=O)(=O)c1cnn2c1OCCC2. The van der Waals surface area contributed by atoms with Crippen molar-refractivity contribution in [3.05, 3.63) is 36.5 Å². The van der Waals surface area contributed by atoms with E-state index in [1.54, 1.807) is 4.68 Å². The van der Waals surface area contributed by atoms with Gasteiger partial charge in [0.05, 0.1) is 18.5 Å². The third-order valence-corrected chi connectivity index (χ3v) is 6.26. The van der Waals surface area contributed by atoms with Gasteiger partial charge in [0.1, 0.15) is 0 Å². The molecule has 1 aliphatic carbocycles. The fraction of sp³-hybridized carbons (Fsp3) is 0.438. The molecule has 2 aromatic rings. The molecule has 1 saturated carbocycles. The van der Waals surface area contributed by atoms with Crippen molar-refractivity contribution >= 4 is 15.7 Å². The van der Waals surface area contributed by atoms with E-state index in [9.17, 15) is 8.42 Å². The van der Waals surface area contributed by atoms with Gasteiger partial charge in [-0.15, -0.1) is 0 Å². The Kier molecular flexibility index (Phi) is 3.33. The van der Waals surface area contributed by atoms with Crippen LogP contribution in [0, 0.1) is 5.92 Å². The standard InChI is InChI=1S/C16H19N3O3S/c1-12-10-14(12)19(13-6-3-2-4-7-13)23(20,21)15-11-17-18-8-5-9-22-16(15)18/h2-4,6-7,11-12,14H,5,8-10H2,1H3/t12-,14+/m1/s1. The molecule has 1 aromatic heterocycles. The number of anilines is 1. The summed E-state index contributed by atoms with van der Waals surface area (Å²) in [6, 6.07) is 9.26. The molecule has 2 atom stereocenters. The number of aryl methyl sites for hydroxylation is 1. The molecule has 0 unspecified atom stereocenters. The molecule has 23 heavy (non-hydrogen) atoms. The second-order valence-corrected chi connectivity index (χ2v) is 7.94. The zero-order valence-electron chi connectivity index (χ0n) is 12.9. The van der Waals surface area contributed by atoms with Crippen LogP contribution in [0.3, 0.4) is 0 Å². The number of sulfonamides is 1. The van der Waals surface area contributed by atoms with Gasteiger partial charge in [-0.25, -0.2) is 13.1 Å². The number of ether oxygens (including phenoxy) is 1. The Morgan fingerprint density at radius 2 is 2.04 bits per heavy atom. The van der Waals surface area contributed by atoms with E-state index in [4.69, 9.17) is 4.74 Å². The van der Waals surface area contributed by atoms with E-state index in [-0.39, 0.29) is 10.9 Å². The Labute approximate surface area is 135 Å². The summed E-state index contributed by atoms with van der Waals surface area (Å²) in [5, 5.41) is 4.18. The highest BCUT2D eigenvalue weighted by molar-refractivity contribution is 7.93. The van der Waals surface area contributed by atoms with Gasteiger partial charge in [0.25, 0.3) is 10.0 Å². The molecule has 0 radical (unpaired) electrons. The maximum Gasteiger partial charge on any atom is 0.271 e. The van der Waals surface area contributed by atoms with Crippen molar-refractivity contribution in [2.75, 3.05) is 10.9 Å². The van der Waals surface area contributed by atoms with Gasteiger partial charge in [0, 0.05) is 19.0 Å². The Morgan fingerprint density at radius 3 is 2.74 bits per heavy atom. The number of rotatable bonds is 4. The third-order valence-electron chi connectivity index (χ3n) is 4.43. The number of aromatic nitrogens is 2. The zero-order chi connectivity index (χ0) is 16.0. The second kappa shape index (κ2) is 5.26. The largest absolute Gasteiger partial charge is 0.477 e. The summed E-state index contributed by atoms with van der Waals surface area (Å²) in [4.78, 5) is 0.167. The lowest BCUT2D eigenvalue weighted by molar-refractivity contribution is 0.224. The molecule has 0 amide bonds. The quantitative estimate of drug-likeness (QED) is 0.861. The molecule has 2 aliphatic rings. The van der Waals surface area contributed by atoms with Crippen molar-refractivity contribution < 1.29 is 13.2 Å². The Bertz CT molecular complexity index is 816. The van der Waals surface area contributed by atoms with Gasteiger partial charge in [0.15, 0.2) is 4.90 Å². The number of nitrogens with zero attached hydrogens (tertiary/aromatic N) is 3. The molecule has 122 valence electrons. The van der Waals surface area contributed by atoms with Crippen molar-refractivity contribution in [1.82, 2.24) is 9.78 Å². The number of para-hydroxylation sites is 1. The summed E-state index contributed by atoms with van der Waals surface area (Å²) in [5.74, 6) is 0.725. The van der Waals surface area contributed by atoms with E-state index in [1.807, 2.05) is 30.3 Å². The summed E-state index contributed by atoms with van der Waals surface area (Å²) in [7, 11) is -3.70. The maximum atomic E-state index is 13.3. The summed E-state index contributed by atoms with van der Waals surface area (Å²) in [6.45, 7) is 3.29. The minimum absolute atomic E-state index is 0.00143. The van der Waals surface area contributed by atoms with Gasteiger partial charge in [-0.1, -0.05) is 25.1 Å². The summed E-state index contributed by atoms with van der Waals surface area (Å²) >= 11 is 0. The van der Waals surface area contributed by atoms with Crippen LogP contribution >= 0.6 is 0 Å². The monoisotopic (exact) mass is 333 g/mol. The zero-order valence-corrected chi connectivity index (χ0v) is 13.7. The van der Waals surface area contributed by atoms with Crippen LogP contribution in [0.15, 0.2) is 41.4 Å². The van der Waals surface area contributed by atoms with Crippen LogP contribution in [-0.2, 0) is 16.6 Å². The van der Waals surface area contributed by atoms with E-state index in [1.165, 1.54) is 10.5 Å². The first-order chi connectivity index (χ1) is 11.1. The molecule has 6 nitrogen and oxygen atoms in total. The minimum Gasteiger partial charge on any atom is -0.477 e. The molecule has 2 heterocycles. The van der Waals surface area contributed by atoms with E-state index < -0.39 is 10.0 Å². The highest BCUT2D eigenvalue weighted by Gasteiger charge is 2.46. The second-order valence-electron chi connectivity index (χ2n) is 6.16. The minimum atomic E-state index is -3.70. The molecule has 0 spiro atoms. The van der Waals surface area contributed by atoms with Crippen molar-refractivity contribution in [3.8, 4) is 5.88 Å². The van der Waals surface area contributed by atoms with Gasteiger partial charge in [0.2, 0.25) is 5.88 Å². The number of benzene rings is 1. The van der Waals surface area contributed by atoms with E-state index in [0.29, 0.717) is 30.6 Å². The lowest BCUT2D eigenvalue weighted by atomic mass is 10.3. The highest BCUT2D eigenvalue weighted by atomic mass is 32.2. The van der Waals surface area contributed by atoms with Crippen molar-refractivity contribution in [2.45, 2.75) is 37.2 Å². The topological polar surface area (TPSA) is 64.4 Å². The van der Waals surface area contributed by atoms with Gasteiger partial charge < -0.3 is 4.74 Å². The van der Waals surface area contributed by atoms with Crippen molar-refractivity contribution in [3.63, 3.8) is 0 Å². The molecule has 1 aliphatic heterocycles. The van der Waals surface area contributed by atoms with E-state index in [0.717, 1.165) is 12.8 Å². The van der Waals surface area contributed by atoms with Crippen molar-refractivity contribution in [1.29, 1.82) is 0 Å². The average Bonchev–Trinajstić information content (AvgIpc) is 3.10. The molecule has 0 bridgehead atoms. The molecular weight excluding hydrogens is 314 g/mol. The van der Waals surface area contributed by atoms with Gasteiger partial charge in [-0.05, 0) is 24.5 Å². The summed E-state index contributed by atoms with van der Waals surface area (Å²) < 4.78 is 35.3. The lowest BCUT2D eigenvalue weighted by Crippen LogP contribution is -2.34. The smallest absolute Gasteiger partial charge is 0.271 e. The lowest BCUT2D eigenvalue weighted by Gasteiger charge is -2.25. The average molecular weight is 333 g/mol. The molecule has 0 N–H and O–H groups in total. The molecule has 1 fully saturated rings. The molecule has 7 heteroatoms. The van der Waals surface area contributed by atoms with Gasteiger partial charge in [-0.2, -0.15) is 5.10 Å². The maximum absolute atomic E-state index is 13.3. The Balaban J connectivity index is 1.80. The number of fused-ring (bicyclic) bond motifs is 1. The highest BCUT2D eigenvalue weighted by Crippen LogP contribution is 2.42. The van der Waals surface area contributed by atoms with Crippen LogP contribution in [0.4, 0.5) is 5.69 Å². The Hall–Kier alpha value is -2.02. The number of hydrogen-bond donors (Lipinski definition) is 0. The van der Waals surface area contributed by atoms with Gasteiger partial charge >= 0.3 is 0 Å². The molecular formula is C16H19N3O3S. The normalized spacial score (nSPS) is 23.0. The first-order valence-electron chi connectivity index (χ1n) is 7.87. The van der Waals surface area contributed by atoms with Crippen molar-refractivity contribution in [2.24, 2.45) is 5.92 Å².